The highest BCUT2D eigenvalue weighted by Crippen LogP contribution is 2.08. The molecule has 0 bridgehead atoms. The molecular weight excluding hydrogens is 238 g/mol. The summed E-state index contributed by atoms with van der Waals surface area (Å²) < 4.78 is 0. The fourth-order valence-electron chi connectivity index (χ4n) is 1.27. The lowest BCUT2D eigenvalue weighted by Gasteiger charge is -2.18. The molecule has 0 aliphatic rings. The van der Waals surface area contributed by atoms with Crippen LogP contribution in [0.3, 0.4) is 0 Å². The lowest BCUT2D eigenvalue weighted by Crippen LogP contribution is -2.40. The molecule has 7 heteroatoms. The number of nitrogens with zero attached hydrogens (tertiary/aromatic N) is 2. The third-order valence-corrected chi connectivity index (χ3v) is 2.37. The smallest absolute Gasteiger partial charge is 0.240 e. The number of rotatable bonds is 5. The number of anilines is 1. The first-order valence-electron chi connectivity index (χ1n) is 5.10. The fraction of sp³-hybridized carbons (Fsp3) is 0.400. The van der Waals surface area contributed by atoms with E-state index in [1.54, 1.807) is 6.07 Å². The van der Waals surface area contributed by atoms with E-state index in [2.05, 4.69) is 15.3 Å². The molecule has 0 saturated carbocycles. The Labute approximate surface area is 105 Å². The van der Waals surface area contributed by atoms with Crippen molar-refractivity contribution in [3.8, 4) is 0 Å². The fourth-order valence-corrected chi connectivity index (χ4v) is 1.38. The van der Waals surface area contributed by atoms with Crippen LogP contribution in [0.25, 0.3) is 0 Å². The van der Waals surface area contributed by atoms with Crippen LogP contribution in [0, 0.1) is 5.92 Å². The van der Waals surface area contributed by atoms with Crippen LogP contribution < -0.4 is 16.8 Å². The molecule has 6 nitrogen and oxygen atoms in total. The molecule has 1 rings (SSSR count). The average Bonchev–Trinajstić information content (AvgIpc) is 2.25. The highest BCUT2D eigenvalue weighted by atomic mass is 32.1. The Hall–Kier alpha value is -1.76. The lowest BCUT2D eigenvalue weighted by molar-refractivity contribution is -0.119. The maximum Gasteiger partial charge on any atom is 0.240 e. The number of carbonyl (C=O) groups excluding carboxylic acids is 1. The van der Waals surface area contributed by atoms with E-state index in [0.717, 1.165) is 0 Å². The highest BCUT2D eigenvalue weighted by molar-refractivity contribution is 7.80. The first-order valence-corrected chi connectivity index (χ1v) is 5.51. The summed E-state index contributed by atoms with van der Waals surface area (Å²) in [5.41, 5.74) is 11.2. The second-order valence-electron chi connectivity index (χ2n) is 3.90. The minimum atomic E-state index is -0.531. The standard InChI is InChI=1S/C10H15N5OS/c1-5(2)7(8(11)16)15-10-13-4-3-6(14-10)9(12)17/h3-5,7H,1-2H3,(H2,11,16)(H2,12,17)(H,13,14,15). The number of aromatic nitrogens is 2. The van der Waals surface area contributed by atoms with Gasteiger partial charge in [-0.25, -0.2) is 9.97 Å². The van der Waals surface area contributed by atoms with E-state index < -0.39 is 11.9 Å². The number of primary amides is 1. The quantitative estimate of drug-likeness (QED) is 0.639. The molecule has 17 heavy (non-hydrogen) atoms. The maximum absolute atomic E-state index is 11.2. The zero-order valence-corrected chi connectivity index (χ0v) is 10.5. The molecule has 0 radical (unpaired) electrons. The molecule has 1 aromatic heterocycles. The van der Waals surface area contributed by atoms with Crippen LogP contribution in [-0.4, -0.2) is 26.9 Å². The van der Waals surface area contributed by atoms with Gasteiger partial charge in [-0.1, -0.05) is 26.1 Å². The van der Waals surface area contributed by atoms with Crippen molar-refractivity contribution in [2.24, 2.45) is 17.4 Å². The van der Waals surface area contributed by atoms with Gasteiger partial charge in [-0.15, -0.1) is 0 Å². The van der Waals surface area contributed by atoms with Gasteiger partial charge in [0.25, 0.3) is 0 Å². The minimum absolute atomic E-state index is 0.0320. The van der Waals surface area contributed by atoms with Gasteiger partial charge in [0.1, 0.15) is 16.7 Å². The van der Waals surface area contributed by atoms with Gasteiger partial charge in [-0.2, -0.15) is 0 Å². The predicted molar refractivity (Wildman–Crippen MR) is 69.4 cm³/mol. The summed E-state index contributed by atoms with van der Waals surface area (Å²) in [5.74, 6) is -0.137. The van der Waals surface area contributed by atoms with Crippen molar-refractivity contribution in [2.75, 3.05) is 5.32 Å². The number of hydrogen-bond donors (Lipinski definition) is 3. The number of nitrogens with one attached hydrogen (secondary N) is 1. The SMILES string of the molecule is CC(C)C(Nc1nccc(C(N)=S)n1)C(N)=O. The number of hydrogen-bond acceptors (Lipinski definition) is 5. The molecule has 1 amide bonds. The number of thiocarbonyl (C=S) groups is 1. The van der Waals surface area contributed by atoms with Gasteiger partial charge in [0.05, 0.1) is 0 Å². The molecule has 1 atom stereocenters. The van der Waals surface area contributed by atoms with E-state index in [4.69, 9.17) is 23.7 Å². The monoisotopic (exact) mass is 253 g/mol. The Kier molecular flexibility index (Phi) is 4.33. The zero-order valence-electron chi connectivity index (χ0n) is 9.68. The van der Waals surface area contributed by atoms with Crippen LogP contribution in [0.15, 0.2) is 12.3 Å². The molecule has 0 spiro atoms. The van der Waals surface area contributed by atoms with E-state index in [0.29, 0.717) is 5.69 Å². The van der Waals surface area contributed by atoms with Crippen molar-refractivity contribution < 1.29 is 4.79 Å². The summed E-state index contributed by atoms with van der Waals surface area (Å²) in [6.07, 6.45) is 1.52. The normalized spacial score (nSPS) is 12.2. The topological polar surface area (TPSA) is 107 Å². The molecule has 0 aromatic carbocycles. The Morgan fingerprint density at radius 1 is 1.47 bits per heavy atom. The molecule has 0 saturated heterocycles. The van der Waals surface area contributed by atoms with Gasteiger partial charge in [-0.05, 0) is 12.0 Å². The van der Waals surface area contributed by atoms with Gasteiger partial charge >= 0.3 is 0 Å². The Balaban J connectivity index is 2.90. The first kappa shape index (κ1) is 13.3. The van der Waals surface area contributed by atoms with Crippen molar-refractivity contribution in [1.82, 2.24) is 9.97 Å². The summed E-state index contributed by atoms with van der Waals surface area (Å²) >= 11 is 4.81. The molecule has 5 N–H and O–H groups in total. The van der Waals surface area contributed by atoms with Crippen molar-refractivity contribution in [3.63, 3.8) is 0 Å². The molecule has 1 heterocycles. The van der Waals surface area contributed by atoms with Crippen LogP contribution in [0.4, 0.5) is 5.95 Å². The van der Waals surface area contributed by atoms with E-state index in [1.807, 2.05) is 13.8 Å². The predicted octanol–water partition coefficient (Wildman–Crippen LogP) is 0.0326. The van der Waals surface area contributed by atoms with Crippen molar-refractivity contribution in [2.45, 2.75) is 19.9 Å². The second kappa shape index (κ2) is 5.53. The number of amides is 1. The van der Waals surface area contributed by atoms with Crippen molar-refractivity contribution >= 4 is 29.1 Å². The zero-order chi connectivity index (χ0) is 13.0. The largest absolute Gasteiger partial charge is 0.388 e. The molecule has 1 unspecified atom stereocenters. The second-order valence-corrected chi connectivity index (χ2v) is 4.34. The van der Waals surface area contributed by atoms with Gasteiger partial charge in [0.15, 0.2) is 0 Å². The highest BCUT2D eigenvalue weighted by Gasteiger charge is 2.20. The third-order valence-electron chi connectivity index (χ3n) is 2.17. The van der Waals surface area contributed by atoms with Gasteiger partial charge in [-0.3, -0.25) is 4.79 Å². The van der Waals surface area contributed by atoms with Crippen LogP contribution in [0.5, 0.6) is 0 Å². The third kappa shape index (κ3) is 3.63. The van der Waals surface area contributed by atoms with Crippen LogP contribution in [0.2, 0.25) is 0 Å². The average molecular weight is 253 g/mol. The number of nitrogens with two attached hydrogens (primary N) is 2. The molecule has 92 valence electrons. The summed E-state index contributed by atoms with van der Waals surface area (Å²) in [6.45, 7) is 3.75. The Morgan fingerprint density at radius 2 is 2.12 bits per heavy atom. The number of carbonyl (C=O) groups is 1. The van der Waals surface area contributed by atoms with Crippen LogP contribution in [-0.2, 0) is 4.79 Å². The summed E-state index contributed by atoms with van der Waals surface area (Å²) in [5, 5.41) is 2.86. The first-order chi connectivity index (χ1) is 7.91. The summed E-state index contributed by atoms with van der Waals surface area (Å²) in [4.78, 5) is 19.5. The molecule has 1 aromatic rings. The summed E-state index contributed by atoms with van der Waals surface area (Å²) in [6, 6.07) is 1.07. The van der Waals surface area contributed by atoms with Crippen LogP contribution >= 0.6 is 12.2 Å². The lowest BCUT2D eigenvalue weighted by atomic mass is 10.0. The molecule has 0 fully saturated rings. The van der Waals surface area contributed by atoms with E-state index in [-0.39, 0.29) is 16.9 Å². The van der Waals surface area contributed by atoms with E-state index in [9.17, 15) is 4.79 Å². The molecule has 0 aliphatic heterocycles. The van der Waals surface area contributed by atoms with Crippen molar-refractivity contribution in [1.29, 1.82) is 0 Å². The Morgan fingerprint density at radius 3 is 2.59 bits per heavy atom. The van der Waals surface area contributed by atoms with E-state index >= 15 is 0 Å². The maximum atomic E-state index is 11.2. The van der Waals surface area contributed by atoms with Gasteiger partial charge in [0, 0.05) is 6.20 Å². The minimum Gasteiger partial charge on any atom is -0.388 e. The summed E-state index contributed by atoms with van der Waals surface area (Å²) in [7, 11) is 0. The molecule has 0 aliphatic carbocycles. The van der Waals surface area contributed by atoms with Gasteiger partial charge < -0.3 is 16.8 Å². The Bertz CT molecular complexity index is 434. The van der Waals surface area contributed by atoms with Crippen molar-refractivity contribution in [3.05, 3.63) is 18.0 Å². The van der Waals surface area contributed by atoms with Crippen LogP contribution in [0.1, 0.15) is 19.5 Å². The van der Waals surface area contributed by atoms with E-state index in [1.165, 1.54) is 6.20 Å². The molecular formula is C10H15N5OS. The van der Waals surface area contributed by atoms with Gasteiger partial charge in [0.2, 0.25) is 11.9 Å².